The summed E-state index contributed by atoms with van der Waals surface area (Å²) in [4.78, 5) is 11.3. The summed E-state index contributed by atoms with van der Waals surface area (Å²) in [6.45, 7) is -3.84. The van der Waals surface area contributed by atoms with Gasteiger partial charge in [-0.3, -0.25) is 0 Å². The molecule has 1 rings (SSSR count). The van der Waals surface area contributed by atoms with E-state index in [1.807, 2.05) is 0 Å². The Morgan fingerprint density at radius 2 is 1.94 bits per heavy atom. The zero-order valence-corrected chi connectivity index (χ0v) is 10.7. The Morgan fingerprint density at radius 1 is 1.38 bits per heavy atom. The van der Waals surface area contributed by atoms with Gasteiger partial charge < -0.3 is 17.7 Å². The first-order valence-electron chi connectivity index (χ1n) is 4.35. The van der Waals surface area contributed by atoms with E-state index in [2.05, 4.69) is 4.74 Å². The van der Waals surface area contributed by atoms with Crippen molar-refractivity contribution in [2.24, 2.45) is 0 Å². The minimum Gasteiger partial charge on any atom is -0.465 e. The maximum absolute atomic E-state index is 12.7. The molecule has 0 heterocycles. The summed E-state index contributed by atoms with van der Waals surface area (Å²) >= 11 is 1.74. The van der Waals surface area contributed by atoms with E-state index in [9.17, 15) is 17.7 Å². The molecule has 0 radical (unpaired) electrons. The third-order valence-electron chi connectivity index (χ3n) is 2.17. The van der Waals surface area contributed by atoms with E-state index in [1.54, 1.807) is 22.6 Å². The first-order valence-corrected chi connectivity index (χ1v) is 5.43. The van der Waals surface area contributed by atoms with Crippen LogP contribution in [0.15, 0.2) is 12.1 Å². The van der Waals surface area contributed by atoms with Gasteiger partial charge in [-0.15, -0.1) is 5.46 Å². The first kappa shape index (κ1) is 13.3. The second-order valence-electron chi connectivity index (χ2n) is 3.23. The molecule has 2 nitrogen and oxygen atoms in total. The highest BCUT2D eigenvalue weighted by molar-refractivity contribution is 14.1. The minimum absolute atomic E-state index is 0.0383. The van der Waals surface area contributed by atoms with Crippen LogP contribution in [-0.4, -0.2) is 20.1 Å². The van der Waals surface area contributed by atoms with Gasteiger partial charge in [0.1, 0.15) is 0 Å². The fourth-order valence-electron chi connectivity index (χ4n) is 1.36. The highest BCUT2D eigenvalue weighted by Crippen LogP contribution is 2.18. The number of benzene rings is 1. The van der Waals surface area contributed by atoms with Crippen LogP contribution in [0.1, 0.15) is 15.9 Å². The summed E-state index contributed by atoms with van der Waals surface area (Å²) in [6, 6.07) is 2.41. The summed E-state index contributed by atoms with van der Waals surface area (Å²) in [6.07, 6.45) is 0. The number of halogens is 4. The zero-order valence-electron chi connectivity index (χ0n) is 8.56. The van der Waals surface area contributed by atoms with Crippen LogP contribution in [0.4, 0.5) is 12.9 Å². The van der Waals surface area contributed by atoms with E-state index < -0.39 is 18.4 Å². The third kappa shape index (κ3) is 2.69. The topological polar surface area (TPSA) is 26.3 Å². The van der Waals surface area contributed by atoms with Gasteiger partial charge in [0.05, 0.1) is 12.7 Å². The lowest BCUT2D eigenvalue weighted by Gasteiger charge is -2.20. The van der Waals surface area contributed by atoms with Gasteiger partial charge in [-0.2, -0.15) is 0 Å². The standard InChI is InChI=1S/C9H8BF3IO2/c1-5-7(9(15)16-2)3-6(14)4-8(5)10(11,12)13/h3-4H,1-2H3/q-1. The number of methoxy groups -OCH3 is 1. The van der Waals surface area contributed by atoms with Crippen LogP contribution in [0.25, 0.3) is 0 Å². The van der Waals surface area contributed by atoms with E-state index in [0.29, 0.717) is 3.57 Å². The predicted molar refractivity (Wildman–Crippen MR) is 63.9 cm³/mol. The van der Waals surface area contributed by atoms with Crippen LogP contribution >= 0.6 is 22.6 Å². The van der Waals surface area contributed by atoms with Gasteiger partial charge in [0.15, 0.2) is 0 Å². The Balaban J connectivity index is 3.44. The van der Waals surface area contributed by atoms with E-state index in [0.717, 1.165) is 13.2 Å². The minimum atomic E-state index is -5.12. The lowest BCUT2D eigenvalue weighted by Crippen LogP contribution is -2.37. The molecule has 0 N–H and O–H groups in total. The van der Waals surface area contributed by atoms with Gasteiger partial charge in [0.25, 0.3) is 0 Å². The molecule has 0 spiro atoms. The summed E-state index contributed by atoms with van der Waals surface area (Å²) in [5, 5.41) is 0. The lowest BCUT2D eigenvalue weighted by atomic mass is 9.76. The van der Waals surface area contributed by atoms with Crippen LogP contribution in [0.2, 0.25) is 0 Å². The second kappa shape index (κ2) is 4.64. The molecule has 0 bridgehead atoms. The number of carbonyl (C=O) groups excluding carboxylic acids is 1. The molecule has 7 heteroatoms. The average Bonchev–Trinajstić information content (AvgIpc) is 2.18. The van der Waals surface area contributed by atoms with Gasteiger partial charge in [-0.25, -0.2) is 4.79 Å². The van der Waals surface area contributed by atoms with Crippen molar-refractivity contribution in [2.75, 3.05) is 7.11 Å². The third-order valence-corrected chi connectivity index (χ3v) is 2.79. The van der Waals surface area contributed by atoms with Crippen molar-refractivity contribution in [3.8, 4) is 0 Å². The van der Waals surface area contributed by atoms with E-state index >= 15 is 0 Å². The van der Waals surface area contributed by atoms with Crippen LogP contribution in [0, 0.1) is 10.5 Å². The Bertz CT molecular complexity index is 431. The lowest BCUT2D eigenvalue weighted by molar-refractivity contribution is 0.0600. The molecule has 1 aromatic rings. The van der Waals surface area contributed by atoms with Gasteiger partial charge >= 0.3 is 12.9 Å². The predicted octanol–water partition coefficient (Wildman–Crippen LogP) is 2.44. The molecule has 0 aromatic heterocycles. The van der Waals surface area contributed by atoms with Crippen molar-refractivity contribution in [3.63, 3.8) is 0 Å². The number of esters is 1. The maximum Gasteiger partial charge on any atom is 0.509 e. The summed E-state index contributed by atoms with van der Waals surface area (Å²) in [7, 11) is 1.14. The molecule has 0 unspecified atom stereocenters. The molecule has 0 aliphatic rings. The van der Waals surface area contributed by atoms with Crippen LogP contribution in [-0.2, 0) is 4.74 Å². The Kier molecular flexibility index (Phi) is 3.87. The summed E-state index contributed by atoms with van der Waals surface area (Å²) in [5.74, 6) is -0.752. The largest absolute Gasteiger partial charge is 0.509 e. The van der Waals surface area contributed by atoms with E-state index in [1.165, 1.54) is 13.0 Å². The molecule has 88 valence electrons. The van der Waals surface area contributed by atoms with Crippen molar-refractivity contribution in [3.05, 3.63) is 26.8 Å². The maximum atomic E-state index is 12.7. The van der Waals surface area contributed by atoms with Crippen LogP contribution < -0.4 is 5.46 Å². The zero-order chi connectivity index (χ0) is 12.5. The monoisotopic (exact) mass is 343 g/mol. The molecule has 0 amide bonds. The Hall–Kier alpha value is -0.725. The number of hydrogen-bond acceptors (Lipinski definition) is 2. The number of carbonyl (C=O) groups is 1. The highest BCUT2D eigenvalue weighted by Gasteiger charge is 2.29. The van der Waals surface area contributed by atoms with Crippen molar-refractivity contribution < 1.29 is 22.5 Å². The molecule has 0 saturated heterocycles. The van der Waals surface area contributed by atoms with Gasteiger partial charge in [-0.1, -0.05) is 11.6 Å². The van der Waals surface area contributed by atoms with Crippen molar-refractivity contribution in [2.45, 2.75) is 6.92 Å². The van der Waals surface area contributed by atoms with Crippen molar-refractivity contribution in [1.29, 1.82) is 0 Å². The molecule has 0 fully saturated rings. The highest BCUT2D eigenvalue weighted by atomic mass is 127. The number of hydrogen-bond donors (Lipinski definition) is 0. The molecule has 0 aliphatic heterocycles. The summed E-state index contributed by atoms with van der Waals surface area (Å²) in [5.41, 5.74) is -0.865. The molecular weight excluding hydrogens is 335 g/mol. The van der Waals surface area contributed by atoms with E-state index in [4.69, 9.17) is 0 Å². The fourth-order valence-corrected chi connectivity index (χ4v) is 2.01. The summed E-state index contributed by atoms with van der Waals surface area (Å²) < 4.78 is 42.8. The molecule has 0 aliphatic carbocycles. The molecule has 0 saturated carbocycles. The van der Waals surface area contributed by atoms with E-state index in [-0.39, 0.29) is 11.1 Å². The SMILES string of the molecule is COC(=O)c1cc(I)cc([B-](F)(F)F)c1C. The average molecular weight is 343 g/mol. The molecule has 0 atom stereocenters. The smallest absolute Gasteiger partial charge is 0.465 e. The van der Waals surface area contributed by atoms with Gasteiger partial charge in [-0.05, 0) is 35.6 Å². The number of ether oxygens (including phenoxy) is 1. The van der Waals surface area contributed by atoms with Crippen LogP contribution in [0.3, 0.4) is 0 Å². The van der Waals surface area contributed by atoms with Gasteiger partial charge in [0, 0.05) is 3.57 Å². The Labute approximate surface area is 104 Å². The second-order valence-corrected chi connectivity index (χ2v) is 4.48. The molecular formula is C9H8BF3IO2-. The molecule has 16 heavy (non-hydrogen) atoms. The molecule has 1 aromatic carbocycles. The number of rotatable bonds is 2. The van der Waals surface area contributed by atoms with Crippen molar-refractivity contribution in [1.82, 2.24) is 0 Å². The Morgan fingerprint density at radius 3 is 2.38 bits per heavy atom. The van der Waals surface area contributed by atoms with Crippen molar-refractivity contribution >= 4 is 41.0 Å². The quantitative estimate of drug-likeness (QED) is 0.469. The first-order chi connectivity index (χ1) is 7.27. The normalized spacial score (nSPS) is 11.4. The fraction of sp³-hybridized carbons (Fsp3) is 0.222. The van der Waals surface area contributed by atoms with Crippen LogP contribution in [0.5, 0.6) is 0 Å². The van der Waals surface area contributed by atoms with Gasteiger partial charge in [0.2, 0.25) is 0 Å².